The van der Waals surface area contributed by atoms with Gasteiger partial charge in [0.05, 0.1) is 6.61 Å². The van der Waals surface area contributed by atoms with Crippen LogP contribution in [0.2, 0.25) is 0 Å². The molecule has 2 unspecified atom stereocenters. The van der Waals surface area contributed by atoms with E-state index in [0.717, 1.165) is 32.6 Å². The largest absolute Gasteiger partial charge is 0.380 e. The van der Waals surface area contributed by atoms with E-state index in [1.165, 1.54) is 12.8 Å². The summed E-state index contributed by atoms with van der Waals surface area (Å²) in [5, 5.41) is 3.56. The second kappa shape index (κ2) is 3.32. The number of hydrogen-bond donors (Lipinski definition) is 2. The fourth-order valence-electron chi connectivity index (χ4n) is 2.35. The number of ether oxygens (including phenoxy) is 1. The van der Waals surface area contributed by atoms with E-state index in [2.05, 4.69) is 5.32 Å². The minimum Gasteiger partial charge on any atom is -0.380 e. The minimum atomic E-state index is 0.232. The van der Waals surface area contributed by atoms with Gasteiger partial charge in [-0.25, -0.2) is 0 Å². The first-order chi connectivity index (χ1) is 5.81. The van der Waals surface area contributed by atoms with Gasteiger partial charge in [-0.05, 0) is 32.2 Å². The zero-order valence-corrected chi connectivity index (χ0v) is 7.51. The highest BCUT2D eigenvalue weighted by Crippen LogP contribution is 2.27. The fraction of sp³-hybridized carbons (Fsp3) is 1.00. The van der Waals surface area contributed by atoms with Crippen LogP contribution in [0.25, 0.3) is 0 Å². The van der Waals surface area contributed by atoms with Crippen LogP contribution in [-0.4, -0.2) is 31.3 Å². The monoisotopic (exact) mass is 170 g/mol. The Bertz CT molecular complexity index is 149. The van der Waals surface area contributed by atoms with Crippen molar-refractivity contribution in [2.24, 2.45) is 5.73 Å². The first kappa shape index (κ1) is 8.48. The van der Waals surface area contributed by atoms with E-state index in [0.29, 0.717) is 6.04 Å². The van der Waals surface area contributed by atoms with E-state index < -0.39 is 0 Å². The van der Waals surface area contributed by atoms with Crippen molar-refractivity contribution in [1.82, 2.24) is 5.32 Å². The van der Waals surface area contributed by atoms with E-state index in [-0.39, 0.29) is 5.54 Å². The molecule has 0 aromatic carbocycles. The predicted molar refractivity (Wildman–Crippen MR) is 48.0 cm³/mol. The average Bonchev–Trinajstić information content (AvgIpc) is 2.05. The summed E-state index contributed by atoms with van der Waals surface area (Å²) in [6.07, 6.45) is 4.62. The Morgan fingerprint density at radius 1 is 1.50 bits per heavy atom. The first-order valence-corrected chi connectivity index (χ1v) is 4.89. The molecule has 0 aliphatic carbocycles. The molecular formula is C9H18N2O. The van der Waals surface area contributed by atoms with E-state index in [1.54, 1.807) is 0 Å². The molecule has 2 aliphatic rings. The average molecular weight is 170 g/mol. The Labute approximate surface area is 73.7 Å². The highest BCUT2D eigenvalue weighted by Gasteiger charge is 2.36. The zero-order valence-electron chi connectivity index (χ0n) is 7.51. The van der Waals surface area contributed by atoms with Crippen molar-refractivity contribution in [3.05, 3.63) is 0 Å². The SMILES string of the molecule is NC1CCNC2(CCCOC2)C1. The van der Waals surface area contributed by atoms with Gasteiger partial charge in [0, 0.05) is 18.2 Å². The van der Waals surface area contributed by atoms with Crippen molar-refractivity contribution >= 4 is 0 Å². The van der Waals surface area contributed by atoms with Crippen LogP contribution in [0, 0.1) is 0 Å². The molecule has 2 rings (SSSR count). The van der Waals surface area contributed by atoms with Crippen LogP contribution in [0.3, 0.4) is 0 Å². The summed E-state index contributed by atoms with van der Waals surface area (Å²) in [5.74, 6) is 0. The maximum atomic E-state index is 5.94. The lowest BCUT2D eigenvalue weighted by atomic mass is 9.82. The van der Waals surface area contributed by atoms with Crippen molar-refractivity contribution in [2.45, 2.75) is 37.3 Å². The molecule has 2 saturated heterocycles. The lowest BCUT2D eigenvalue weighted by Crippen LogP contribution is -2.58. The van der Waals surface area contributed by atoms with Gasteiger partial charge in [0.1, 0.15) is 0 Å². The number of piperidine rings is 1. The molecule has 1 spiro atoms. The normalized spacial score (nSPS) is 43.2. The zero-order chi connectivity index (χ0) is 8.44. The molecule has 2 atom stereocenters. The molecule has 12 heavy (non-hydrogen) atoms. The molecule has 70 valence electrons. The van der Waals surface area contributed by atoms with Gasteiger partial charge in [-0.1, -0.05) is 0 Å². The summed E-state index contributed by atoms with van der Waals surface area (Å²) >= 11 is 0. The van der Waals surface area contributed by atoms with Crippen LogP contribution >= 0.6 is 0 Å². The van der Waals surface area contributed by atoms with Gasteiger partial charge < -0.3 is 15.8 Å². The molecule has 0 radical (unpaired) electrons. The number of nitrogens with two attached hydrogens (primary N) is 1. The van der Waals surface area contributed by atoms with Gasteiger partial charge in [0.25, 0.3) is 0 Å². The lowest BCUT2D eigenvalue weighted by molar-refractivity contribution is 0.00458. The highest BCUT2D eigenvalue weighted by molar-refractivity contribution is 4.96. The Balaban J connectivity index is 1.97. The van der Waals surface area contributed by atoms with E-state index in [4.69, 9.17) is 10.5 Å². The molecule has 0 aromatic rings. The van der Waals surface area contributed by atoms with Gasteiger partial charge >= 0.3 is 0 Å². The maximum Gasteiger partial charge on any atom is 0.0648 e. The van der Waals surface area contributed by atoms with Gasteiger partial charge in [0.15, 0.2) is 0 Å². The van der Waals surface area contributed by atoms with Crippen LogP contribution in [0.5, 0.6) is 0 Å². The molecule has 0 bridgehead atoms. The number of nitrogens with one attached hydrogen (secondary N) is 1. The third kappa shape index (κ3) is 1.63. The standard InChI is InChI=1S/C9H18N2O/c10-8-2-4-11-9(6-8)3-1-5-12-7-9/h8,11H,1-7,10H2. The summed E-state index contributed by atoms with van der Waals surface area (Å²) < 4.78 is 5.49. The van der Waals surface area contributed by atoms with Crippen molar-refractivity contribution in [3.63, 3.8) is 0 Å². The van der Waals surface area contributed by atoms with Crippen molar-refractivity contribution in [2.75, 3.05) is 19.8 Å². The van der Waals surface area contributed by atoms with Gasteiger partial charge in [-0.15, -0.1) is 0 Å². The summed E-state index contributed by atoms with van der Waals surface area (Å²) in [4.78, 5) is 0. The van der Waals surface area contributed by atoms with Crippen LogP contribution in [-0.2, 0) is 4.74 Å². The Morgan fingerprint density at radius 3 is 3.08 bits per heavy atom. The maximum absolute atomic E-state index is 5.94. The summed E-state index contributed by atoms with van der Waals surface area (Å²) in [6.45, 7) is 2.85. The Kier molecular flexibility index (Phi) is 2.35. The third-order valence-corrected chi connectivity index (χ3v) is 2.99. The van der Waals surface area contributed by atoms with E-state index in [1.807, 2.05) is 0 Å². The molecule has 3 nitrogen and oxygen atoms in total. The molecule has 0 saturated carbocycles. The second-order valence-electron chi connectivity index (χ2n) is 4.12. The summed E-state index contributed by atoms with van der Waals surface area (Å²) in [6, 6.07) is 0.382. The number of hydrogen-bond acceptors (Lipinski definition) is 3. The van der Waals surface area contributed by atoms with Crippen molar-refractivity contribution in [3.8, 4) is 0 Å². The predicted octanol–water partition coefficient (Wildman–Crippen LogP) is 0.246. The smallest absolute Gasteiger partial charge is 0.0648 e. The molecule has 3 heteroatoms. The molecule has 3 N–H and O–H groups in total. The van der Waals surface area contributed by atoms with Gasteiger partial charge in [-0.2, -0.15) is 0 Å². The molecular weight excluding hydrogens is 152 g/mol. The molecule has 2 heterocycles. The van der Waals surface area contributed by atoms with Crippen LogP contribution in [0.4, 0.5) is 0 Å². The van der Waals surface area contributed by atoms with Crippen LogP contribution < -0.4 is 11.1 Å². The van der Waals surface area contributed by atoms with E-state index >= 15 is 0 Å². The lowest BCUT2D eigenvalue weighted by Gasteiger charge is -2.43. The second-order valence-corrected chi connectivity index (χ2v) is 4.12. The van der Waals surface area contributed by atoms with Gasteiger partial charge in [-0.3, -0.25) is 0 Å². The minimum absolute atomic E-state index is 0.232. The topological polar surface area (TPSA) is 47.3 Å². The molecule has 0 aromatic heterocycles. The Hall–Kier alpha value is -0.120. The van der Waals surface area contributed by atoms with Crippen molar-refractivity contribution < 1.29 is 4.74 Å². The Morgan fingerprint density at radius 2 is 2.42 bits per heavy atom. The quantitative estimate of drug-likeness (QED) is 0.547. The summed E-state index contributed by atoms with van der Waals surface area (Å²) in [7, 11) is 0. The van der Waals surface area contributed by atoms with Crippen molar-refractivity contribution in [1.29, 1.82) is 0 Å². The fourth-order valence-corrected chi connectivity index (χ4v) is 2.35. The first-order valence-electron chi connectivity index (χ1n) is 4.89. The highest BCUT2D eigenvalue weighted by atomic mass is 16.5. The van der Waals surface area contributed by atoms with Crippen LogP contribution in [0.15, 0.2) is 0 Å². The van der Waals surface area contributed by atoms with Gasteiger partial charge in [0.2, 0.25) is 0 Å². The number of rotatable bonds is 0. The summed E-state index contributed by atoms with van der Waals surface area (Å²) in [5.41, 5.74) is 6.18. The molecule has 2 aliphatic heterocycles. The molecule has 2 fully saturated rings. The van der Waals surface area contributed by atoms with E-state index in [9.17, 15) is 0 Å². The van der Waals surface area contributed by atoms with Crippen LogP contribution in [0.1, 0.15) is 25.7 Å². The third-order valence-electron chi connectivity index (χ3n) is 2.99. The molecule has 0 amide bonds.